The number of anilines is 1. The van der Waals surface area contributed by atoms with Gasteiger partial charge in [0.05, 0.1) is 11.3 Å². The molecule has 92 valence electrons. The van der Waals surface area contributed by atoms with Crippen molar-refractivity contribution in [2.24, 2.45) is 0 Å². The van der Waals surface area contributed by atoms with Gasteiger partial charge in [-0.3, -0.25) is 0 Å². The average Bonchev–Trinajstić information content (AvgIpc) is 3.07. The van der Waals surface area contributed by atoms with Gasteiger partial charge in [0.25, 0.3) is 5.89 Å². The first-order chi connectivity index (χ1) is 8.81. The van der Waals surface area contributed by atoms with E-state index in [1.807, 2.05) is 16.8 Å². The van der Waals surface area contributed by atoms with Gasteiger partial charge in [0.15, 0.2) is 10.2 Å². The lowest BCUT2D eigenvalue weighted by Crippen LogP contribution is -1.83. The number of hydrogen-bond acceptors (Lipinski definition) is 9. The van der Waals surface area contributed by atoms with Crippen molar-refractivity contribution in [3.05, 3.63) is 22.7 Å². The number of nitrogens with two attached hydrogens (primary N) is 1. The Morgan fingerprint density at radius 2 is 2.33 bits per heavy atom. The van der Waals surface area contributed by atoms with E-state index in [0.717, 1.165) is 9.90 Å². The summed E-state index contributed by atoms with van der Waals surface area (Å²) >= 11 is 4.43. The molecule has 0 spiro atoms. The molecule has 0 aliphatic heterocycles. The Labute approximate surface area is 114 Å². The summed E-state index contributed by atoms with van der Waals surface area (Å²) in [5, 5.41) is 16.0. The number of thioether (sulfide) groups is 1. The molecule has 0 amide bonds. The van der Waals surface area contributed by atoms with Crippen LogP contribution >= 0.6 is 34.4 Å². The van der Waals surface area contributed by atoms with Gasteiger partial charge in [0, 0.05) is 5.38 Å². The summed E-state index contributed by atoms with van der Waals surface area (Å²) in [6.45, 7) is 0. The minimum Gasteiger partial charge on any atom is -0.374 e. The number of aromatic nitrogens is 4. The van der Waals surface area contributed by atoms with Crippen LogP contribution in [0.4, 0.5) is 5.13 Å². The molecule has 0 unspecified atom stereocenters. The first-order valence-electron chi connectivity index (χ1n) is 4.88. The Balaban J connectivity index is 1.67. The monoisotopic (exact) mass is 297 g/mol. The SMILES string of the molecule is Nc1nnc(SCc2noc(-c3ccsc3)n2)s1. The second-order valence-corrected chi connectivity index (χ2v) is 6.23. The van der Waals surface area contributed by atoms with Crippen LogP contribution in [0.5, 0.6) is 0 Å². The molecule has 0 aromatic carbocycles. The van der Waals surface area contributed by atoms with Crippen LogP contribution in [-0.4, -0.2) is 20.3 Å². The highest BCUT2D eigenvalue weighted by atomic mass is 32.2. The van der Waals surface area contributed by atoms with E-state index in [1.54, 1.807) is 11.3 Å². The van der Waals surface area contributed by atoms with Crippen LogP contribution in [0.2, 0.25) is 0 Å². The summed E-state index contributed by atoms with van der Waals surface area (Å²) < 4.78 is 5.98. The molecule has 3 aromatic rings. The molecule has 3 rings (SSSR count). The Bertz CT molecular complexity index is 632. The van der Waals surface area contributed by atoms with Crippen molar-refractivity contribution >= 4 is 39.6 Å². The predicted octanol–water partition coefficient (Wildman–Crippen LogP) is 2.52. The van der Waals surface area contributed by atoms with Gasteiger partial charge in [-0.1, -0.05) is 28.3 Å². The van der Waals surface area contributed by atoms with Gasteiger partial charge in [0.2, 0.25) is 5.13 Å². The Morgan fingerprint density at radius 1 is 1.39 bits per heavy atom. The maximum Gasteiger partial charge on any atom is 0.258 e. The molecule has 9 heteroatoms. The van der Waals surface area contributed by atoms with Crippen LogP contribution in [0.25, 0.3) is 11.5 Å². The quantitative estimate of drug-likeness (QED) is 0.740. The third-order valence-electron chi connectivity index (χ3n) is 1.98. The lowest BCUT2D eigenvalue weighted by molar-refractivity contribution is 0.425. The summed E-state index contributed by atoms with van der Waals surface area (Å²) in [5.74, 6) is 1.76. The highest BCUT2D eigenvalue weighted by Gasteiger charge is 2.10. The topological polar surface area (TPSA) is 90.7 Å². The van der Waals surface area contributed by atoms with Gasteiger partial charge in [-0.05, 0) is 11.4 Å². The van der Waals surface area contributed by atoms with Crippen LogP contribution in [0, 0.1) is 0 Å². The Morgan fingerprint density at radius 3 is 3.06 bits per heavy atom. The van der Waals surface area contributed by atoms with Crippen LogP contribution in [0.3, 0.4) is 0 Å². The summed E-state index contributed by atoms with van der Waals surface area (Å²) in [6, 6.07) is 1.94. The van der Waals surface area contributed by atoms with E-state index in [-0.39, 0.29) is 0 Å². The molecule has 2 N–H and O–H groups in total. The minimum absolute atomic E-state index is 0.463. The zero-order valence-corrected chi connectivity index (χ0v) is 11.4. The van der Waals surface area contributed by atoms with Crippen molar-refractivity contribution in [3.8, 4) is 11.5 Å². The second kappa shape index (κ2) is 5.04. The molecule has 0 fully saturated rings. The van der Waals surface area contributed by atoms with Crippen molar-refractivity contribution in [1.82, 2.24) is 20.3 Å². The fourth-order valence-corrected chi connectivity index (χ4v) is 3.33. The molecule has 0 saturated carbocycles. The standard InChI is InChI=1S/C9H7N5OS3/c10-8-12-13-9(18-8)17-4-6-11-7(15-14-6)5-1-2-16-3-5/h1-3H,4H2,(H2,10,12). The van der Waals surface area contributed by atoms with Crippen molar-refractivity contribution in [2.75, 3.05) is 5.73 Å². The van der Waals surface area contributed by atoms with Gasteiger partial charge >= 0.3 is 0 Å². The van der Waals surface area contributed by atoms with Gasteiger partial charge in [-0.15, -0.1) is 10.2 Å². The molecule has 0 aliphatic rings. The zero-order chi connectivity index (χ0) is 12.4. The van der Waals surface area contributed by atoms with Crippen molar-refractivity contribution in [2.45, 2.75) is 10.1 Å². The summed E-state index contributed by atoms with van der Waals surface area (Å²) in [7, 11) is 0. The summed E-state index contributed by atoms with van der Waals surface area (Å²) in [5.41, 5.74) is 6.45. The van der Waals surface area contributed by atoms with Gasteiger partial charge in [-0.2, -0.15) is 16.3 Å². The Kier molecular flexibility index (Phi) is 3.26. The minimum atomic E-state index is 0.463. The molecule has 0 saturated heterocycles. The number of hydrogen-bond donors (Lipinski definition) is 1. The first kappa shape index (κ1) is 11.6. The molecule has 0 aliphatic carbocycles. The maximum atomic E-state index is 5.50. The van der Waals surface area contributed by atoms with Gasteiger partial charge < -0.3 is 10.3 Å². The number of thiophene rings is 1. The molecule has 18 heavy (non-hydrogen) atoms. The molecule has 3 heterocycles. The molecule has 6 nitrogen and oxygen atoms in total. The van der Waals surface area contributed by atoms with Crippen LogP contribution < -0.4 is 5.73 Å². The number of rotatable bonds is 4. The van der Waals surface area contributed by atoms with Gasteiger partial charge in [-0.25, -0.2) is 0 Å². The summed E-state index contributed by atoms with van der Waals surface area (Å²) in [6.07, 6.45) is 0. The van der Waals surface area contributed by atoms with Crippen LogP contribution in [0.1, 0.15) is 5.82 Å². The zero-order valence-electron chi connectivity index (χ0n) is 8.94. The van der Waals surface area contributed by atoms with Crippen molar-refractivity contribution < 1.29 is 4.52 Å². The second-order valence-electron chi connectivity index (χ2n) is 3.22. The number of nitrogen functional groups attached to an aromatic ring is 1. The van der Waals surface area contributed by atoms with E-state index < -0.39 is 0 Å². The molecule has 3 aromatic heterocycles. The highest BCUT2D eigenvalue weighted by molar-refractivity contribution is 8.00. The van der Waals surface area contributed by atoms with Crippen LogP contribution in [-0.2, 0) is 5.75 Å². The smallest absolute Gasteiger partial charge is 0.258 e. The largest absolute Gasteiger partial charge is 0.374 e. The van der Waals surface area contributed by atoms with E-state index in [2.05, 4.69) is 20.3 Å². The molecular formula is C9H7N5OS3. The van der Waals surface area contributed by atoms with Crippen molar-refractivity contribution in [3.63, 3.8) is 0 Å². The van der Waals surface area contributed by atoms with E-state index >= 15 is 0 Å². The van der Waals surface area contributed by atoms with Crippen LogP contribution in [0.15, 0.2) is 25.7 Å². The number of nitrogens with zero attached hydrogens (tertiary/aromatic N) is 4. The lowest BCUT2D eigenvalue weighted by Gasteiger charge is -1.88. The normalized spacial score (nSPS) is 10.9. The van der Waals surface area contributed by atoms with E-state index in [9.17, 15) is 0 Å². The molecule has 0 bridgehead atoms. The third kappa shape index (κ3) is 2.52. The van der Waals surface area contributed by atoms with E-state index in [4.69, 9.17) is 10.3 Å². The molecule has 0 atom stereocenters. The lowest BCUT2D eigenvalue weighted by atomic mass is 10.3. The predicted molar refractivity (Wildman–Crippen MR) is 71.5 cm³/mol. The summed E-state index contributed by atoms with van der Waals surface area (Å²) in [4.78, 5) is 4.31. The highest BCUT2D eigenvalue weighted by Crippen LogP contribution is 2.27. The first-order valence-corrected chi connectivity index (χ1v) is 7.63. The third-order valence-corrected chi connectivity index (χ3v) is 4.55. The fraction of sp³-hybridized carbons (Fsp3) is 0.111. The molecule has 0 radical (unpaired) electrons. The van der Waals surface area contributed by atoms with E-state index in [1.165, 1.54) is 23.1 Å². The Hall–Kier alpha value is -1.45. The molecular weight excluding hydrogens is 290 g/mol. The van der Waals surface area contributed by atoms with E-state index in [0.29, 0.717) is 22.6 Å². The van der Waals surface area contributed by atoms with Crippen molar-refractivity contribution in [1.29, 1.82) is 0 Å². The maximum absolute atomic E-state index is 5.50. The fourth-order valence-electron chi connectivity index (χ4n) is 1.22. The van der Waals surface area contributed by atoms with Gasteiger partial charge in [0.1, 0.15) is 0 Å². The average molecular weight is 297 g/mol.